The van der Waals surface area contributed by atoms with Crippen molar-refractivity contribution in [3.63, 3.8) is 0 Å². The molecule has 8 nitrogen and oxygen atoms in total. The Morgan fingerprint density at radius 1 is 1.21 bits per heavy atom. The Morgan fingerprint density at radius 3 is 2.90 bits per heavy atom. The van der Waals surface area contributed by atoms with Gasteiger partial charge in [0.2, 0.25) is 12.7 Å². The third-order valence-electron chi connectivity index (χ3n) is 4.39. The molecule has 0 fully saturated rings. The summed E-state index contributed by atoms with van der Waals surface area (Å²) in [6.45, 7) is 2.47. The van der Waals surface area contributed by atoms with E-state index in [-0.39, 0.29) is 25.0 Å². The topological polar surface area (TPSA) is 103 Å². The summed E-state index contributed by atoms with van der Waals surface area (Å²) in [6.07, 6.45) is 2.30. The highest BCUT2D eigenvalue weighted by atomic mass is 32.1. The van der Waals surface area contributed by atoms with Gasteiger partial charge in [-0.15, -0.1) is 11.3 Å². The molecule has 3 aromatic rings. The first-order valence-corrected chi connectivity index (χ1v) is 9.91. The molecular weight excluding hydrogens is 394 g/mol. The maximum atomic E-state index is 12.2. The van der Waals surface area contributed by atoms with Gasteiger partial charge < -0.3 is 19.2 Å². The number of hydrogen-bond acceptors (Lipinski definition) is 7. The molecule has 9 heteroatoms. The number of ether oxygens (including phenoxy) is 2. The molecule has 0 unspecified atom stereocenters. The number of aryl methyl sites for hydroxylation is 1. The number of anilines is 1. The largest absolute Gasteiger partial charge is 0.469 e. The number of nitrogens with zero attached hydrogens (tertiary/aromatic N) is 1. The zero-order valence-corrected chi connectivity index (χ0v) is 16.5. The summed E-state index contributed by atoms with van der Waals surface area (Å²) in [5.74, 6) is 1.61. The molecule has 1 aliphatic heterocycles. The Kier molecular flexibility index (Phi) is 5.48. The number of fused-ring (bicyclic) bond motifs is 1. The third-order valence-corrected chi connectivity index (χ3v) is 5.20. The van der Waals surface area contributed by atoms with Gasteiger partial charge in [-0.3, -0.25) is 14.9 Å². The van der Waals surface area contributed by atoms with Gasteiger partial charge in [-0.1, -0.05) is 6.07 Å². The number of carbonyl (C=O) groups excluding carboxylic acids is 2. The molecular formula is C20H19N3O5S. The number of thiazole rings is 1. The first kappa shape index (κ1) is 19.0. The van der Waals surface area contributed by atoms with Crippen LogP contribution in [0, 0.1) is 6.92 Å². The van der Waals surface area contributed by atoms with Crippen LogP contribution in [0.5, 0.6) is 11.5 Å². The molecule has 2 N–H and O–H groups in total. The van der Waals surface area contributed by atoms with Crippen LogP contribution in [0.15, 0.2) is 40.3 Å². The van der Waals surface area contributed by atoms with Crippen LogP contribution in [0.2, 0.25) is 0 Å². The molecule has 150 valence electrons. The van der Waals surface area contributed by atoms with Crippen LogP contribution in [0.4, 0.5) is 5.13 Å². The minimum absolute atomic E-state index is 0.125. The fourth-order valence-corrected chi connectivity index (χ4v) is 3.61. The second kappa shape index (κ2) is 8.36. The summed E-state index contributed by atoms with van der Waals surface area (Å²) in [4.78, 5) is 28.6. The van der Waals surface area contributed by atoms with Crippen molar-refractivity contribution < 1.29 is 23.5 Å². The van der Waals surface area contributed by atoms with Crippen molar-refractivity contribution in [3.8, 4) is 11.5 Å². The third kappa shape index (κ3) is 4.57. The van der Waals surface area contributed by atoms with E-state index in [1.807, 2.05) is 18.2 Å². The Morgan fingerprint density at radius 2 is 2.07 bits per heavy atom. The average molecular weight is 413 g/mol. The van der Waals surface area contributed by atoms with Gasteiger partial charge in [0.15, 0.2) is 16.6 Å². The Bertz CT molecular complexity index is 1040. The summed E-state index contributed by atoms with van der Waals surface area (Å²) in [6, 6.07) is 7.35. The minimum atomic E-state index is -0.287. The standard InChI is InChI=1S/C20H19N3O5S/c1-12-15(5-7-26-12)19(25)23-20-22-14(10-29-20)9-18(24)21-6-4-13-2-3-16-17(8-13)28-11-27-16/h2-3,5,7-8,10H,4,6,9,11H2,1H3,(H,21,24)(H,22,23,25). The lowest BCUT2D eigenvalue weighted by Gasteiger charge is -2.05. The molecule has 0 radical (unpaired) electrons. The van der Waals surface area contributed by atoms with Crippen molar-refractivity contribution >= 4 is 28.3 Å². The number of furan rings is 1. The summed E-state index contributed by atoms with van der Waals surface area (Å²) < 4.78 is 15.8. The lowest BCUT2D eigenvalue weighted by atomic mass is 10.1. The van der Waals surface area contributed by atoms with Gasteiger partial charge in [0.1, 0.15) is 5.76 Å². The smallest absolute Gasteiger partial charge is 0.260 e. The Labute approximate surface area is 170 Å². The van der Waals surface area contributed by atoms with Gasteiger partial charge in [0.25, 0.3) is 5.91 Å². The molecule has 3 heterocycles. The molecule has 2 aromatic heterocycles. The second-order valence-corrected chi connectivity index (χ2v) is 7.31. The van der Waals surface area contributed by atoms with Gasteiger partial charge in [0.05, 0.1) is 23.9 Å². The number of aromatic nitrogens is 1. The zero-order chi connectivity index (χ0) is 20.2. The van der Waals surface area contributed by atoms with Crippen LogP contribution in [-0.2, 0) is 17.6 Å². The lowest BCUT2D eigenvalue weighted by molar-refractivity contribution is -0.120. The van der Waals surface area contributed by atoms with E-state index in [4.69, 9.17) is 13.9 Å². The average Bonchev–Trinajstić information content (AvgIpc) is 3.42. The predicted molar refractivity (Wildman–Crippen MR) is 106 cm³/mol. The molecule has 1 aromatic carbocycles. The van der Waals surface area contributed by atoms with E-state index in [1.165, 1.54) is 17.6 Å². The number of rotatable bonds is 7. The fourth-order valence-electron chi connectivity index (χ4n) is 2.90. The van der Waals surface area contributed by atoms with E-state index in [0.717, 1.165) is 17.1 Å². The molecule has 0 aliphatic carbocycles. The van der Waals surface area contributed by atoms with E-state index < -0.39 is 0 Å². The van der Waals surface area contributed by atoms with Crippen molar-refractivity contribution in [1.29, 1.82) is 0 Å². The lowest BCUT2D eigenvalue weighted by Crippen LogP contribution is -2.27. The van der Waals surface area contributed by atoms with E-state index >= 15 is 0 Å². The van der Waals surface area contributed by atoms with Crippen molar-refractivity contribution in [2.75, 3.05) is 18.7 Å². The van der Waals surface area contributed by atoms with Gasteiger partial charge in [0, 0.05) is 11.9 Å². The zero-order valence-electron chi connectivity index (χ0n) is 15.7. The summed E-state index contributed by atoms with van der Waals surface area (Å²) in [7, 11) is 0. The summed E-state index contributed by atoms with van der Waals surface area (Å²) in [5, 5.41) is 7.80. The molecule has 29 heavy (non-hydrogen) atoms. The quantitative estimate of drug-likeness (QED) is 0.617. The maximum Gasteiger partial charge on any atom is 0.260 e. The van der Waals surface area contributed by atoms with E-state index in [9.17, 15) is 9.59 Å². The fraction of sp³-hybridized carbons (Fsp3) is 0.250. The van der Waals surface area contributed by atoms with Crippen LogP contribution in [0.1, 0.15) is 27.4 Å². The van der Waals surface area contributed by atoms with Crippen molar-refractivity contribution in [2.45, 2.75) is 19.8 Å². The number of hydrogen-bond donors (Lipinski definition) is 2. The predicted octanol–water partition coefficient (Wildman–Crippen LogP) is 2.93. The van der Waals surface area contributed by atoms with Gasteiger partial charge in [-0.25, -0.2) is 4.98 Å². The second-order valence-electron chi connectivity index (χ2n) is 6.45. The highest BCUT2D eigenvalue weighted by Gasteiger charge is 2.15. The molecule has 0 bridgehead atoms. The van der Waals surface area contributed by atoms with Crippen LogP contribution in [0.3, 0.4) is 0 Å². The van der Waals surface area contributed by atoms with Crippen LogP contribution < -0.4 is 20.1 Å². The normalized spacial score (nSPS) is 12.0. The number of benzene rings is 1. The van der Waals surface area contributed by atoms with Crippen molar-refractivity contribution in [3.05, 3.63) is 58.5 Å². The van der Waals surface area contributed by atoms with Crippen LogP contribution in [0.25, 0.3) is 0 Å². The minimum Gasteiger partial charge on any atom is -0.469 e. The highest BCUT2D eigenvalue weighted by Crippen LogP contribution is 2.32. The molecule has 0 saturated carbocycles. The van der Waals surface area contributed by atoms with Crippen LogP contribution >= 0.6 is 11.3 Å². The number of nitrogens with one attached hydrogen (secondary N) is 2. The van der Waals surface area contributed by atoms with Gasteiger partial charge in [-0.05, 0) is 37.1 Å². The summed E-state index contributed by atoms with van der Waals surface area (Å²) in [5.41, 5.74) is 2.13. The first-order valence-electron chi connectivity index (χ1n) is 9.03. The van der Waals surface area contributed by atoms with Gasteiger partial charge >= 0.3 is 0 Å². The highest BCUT2D eigenvalue weighted by molar-refractivity contribution is 7.14. The number of amides is 2. The van der Waals surface area contributed by atoms with E-state index in [1.54, 1.807) is 18.4 Å². The van der Waals surface area contributed by atoms with Crippen molar-refractivity contribution in [1.82, 2.24) is 10.3 Å². The molecule has 2 amide bonds. The first-order chi connectivity index (χ1) is 14.1. The maximum absolute atomic E-state index is 12.2. The van der Waals surface area contributed by atoms with Crippen molar-refractivity contribution in [2.24, 2.45) is 0 Å². The number of carbonyl (C=O) groups is 2. The van der Waals surface area contributed by atoms with Gasteiger partial charge in [-0.2, -0.15) is 0 Å². The molecule has 0 atom stereocenters. The molecule has 0 spiro atoms. The SMILES string of the molecule is Cc1occc1C(=O)Nc1nc(CC(=O)NCCc2ccc3c(c2)OCO3)cs1. The van der Waals surface area contributed by atoms with Crippen LogP contribution in [-0.4, -0.2) is 30.1 Å². The Hall–Kier alpha value is -3.33. The molecule has 1 aliphatic rings. The molecule has 0 saturated heterocycles. The summed E-state index contributed by atoms with van der Waals surface area (Å²) >= 11 is 1.28. The Balaban J connectivity index is 1.24. The molecule has 4 rings (SSSR count). The monoisotopic (exact) mass is 413 g/mol. The van der Waals surface area contributed by atoms with E-state index in [2.05, 4.69) is 15.6 Å². The van der Waals surface area contributed by atoms with E-state index in [0.29, 0.717) is 35.1 Å².